The zero-order chi connectivity index (χ0) is 12.4. The summed E-state index contributed by atoms with van der Waals surface area (Å²) in [7, 11) is -9.46. The average molecular weight is 274 g/mol. The largest absolute Gasteiger partial charge is 0.370 e. The monoisotopic (exact) mass is 274 g/mol. The van der Waals surface area contributed by atoms with Gasteiger partial charge in [0.2, 0.25) is 0 Å². The molecule has 0 heterocycles. The maximum atomic E-state index is 11.4. The molecule has 96 valence electrons. The fourth-order valence-electron chi connectivity index (χ4n) is 2.21. The molecule has 4 N–H and O–H groups in total. The molecule has 1 saturated carbocycles. The van der Waals surface area contributed by atoms with Crippen LogP contribution in [0.15, 0.2) is 0 Å². The summed E-state index contributed by atoms with van der Waals surface area (Å²) < 4.78 is 26.0. The average Bonchev–Trinajstić information content (AvgIpc) is 2.17. The first-order valence-corrected chi connectivity index (χ1v) is 8.32. The maximum Gasteiger partial charge on any atom is 0.370 e. The second-order valence-electron chi connectivity index (χ2n) is 4.05. The molecule has 0 aromatic rings. The Bertz CT molecular complexity index is 319. The van der Waals surface area contributed by atoms with Crippen LogP contribution < -0.4 is 0 Å². The van der Waals surface area contributed by atoms with Crippen molar-refractivity contribution in [2.75, 3.05) is 0 Å². The molecule has 0 radical (unpaired) electrons. The Morgan fingerprint density at radius 2 is 1.56 bits per heavy atom. The van der Waals surface area contributed by atoms with E-state index in [1.165, 1.54) is 0 Å². The van der Waals surface area contributed by atoms with Crippen LogP contribution in [-0.4, -0.2) is 25.3 Å². The second-order valence-corrected chi connectivity index (χ2v) is 8.04. The lowest BCUT2D eigenvalue weighted by atomic mass is 9.91. The zero-order valence-corrected chi connectivity index (χ0v) is 10.4. The van der Waals surface area contributed by atoms with Gasteiger partial charge in [0, 0.05) is 0 Å². The molecule has 1 aliphatic carbocycles. The summed E-state index contributed by atoms with van der Waals surface area (Å²) in [5.74, 6) is -0.586. The fraction of sp³-hybridized carbons (Fsp3) is 1.00. The quantitative estimate of drug-likeness (QED) is 0.349. The van der Waals surface area contributed by atoms with Gasteiger partial charge >= 0.3 is 15.2 Å². The Labute approximate surface area is 93.1 Å². The van der Waals surface area contributed by atoms with E-state index in [9.17, 15) is 14.0 Å². The van der Waals surface area contributed by atoms with Crippen LogP contribution in [0.4, 0.5) is 0 Å². The van der Waals surface area contributed by atoms with Crippen LogP contribution in [0.5, 0.6) is 0 Å². The molecule has 16 heavy (non-hydrogen) atoms. The third kappa shape index (κ3) is 3.37. The summed E-state index contributed by atoms with van der Waals surface area (Å²) >= 11 is 0. The third-order valence-corrected chi connectivity index (χ3v) is 7.08. The third-order valence-electron chi connectivity index (χ3n) is 2.87. The van der Waals surface area contributed by atoms with Gasteiger partial charge in [-0.3, -0.25) is 9.13 Å². The van der Waals surface area contributed by atoms with Crippen LogP contribution in [0.1, 0.15) is 32.1 Å². The van der Waals surface area contributed by atoms with Crippen molar-refractivity contribution in [3.05, 3.63) is 0 Å². The summed E-state index contributed by atoms with van der Waals surface area (Å²) in [6.45, 7) is 0. The van der Waals surface area contributed by atoms with Crippen LogP contribution in [0.3, 0.4) is 0 Å². The smallest absolute Gasteiger partial charge is 0.324 e. The molecule has 0 amide bonds. The molecule has 0 saturated heterocycles. The normalized spacial score (nSPS) is 25.0. The molecule has 0 aromatic carbocycles. The van der Waals surface area contributed by atoms with Crippen LogP contribution >= 0.6 is 15.2 Å². The van der Waals surface area contributed by atoms with Gasteiger partial charge in [-0.25, -0.2) is 5.26 Å². The Morgan fingerprint density at radius 1 is 1.06 bits per heavy atom. The van der Waals surface area contributed by atoms with E-state index in [2.05, 4.69) is 4.67 Å². The summed E-state index contributed by atoms with van der Waals surface area (Å²) in [4.78, 5) is 27.4. The van der Waals surface area contributed by atoms with Gasteiger partial charge in [-0.05, 0) is 18.8 Å². The van der Waals surface area contributed by atoms with E-state index in [1.54, 1.807) is 0 Å². The molecule has 0 spiro atoms. The van der Waals surface area contributed by atoms with Gasteiger partial charge in [0.25, 0.3) is 0 Å². The lowest BCUT2D eigenvalue weighted by molar-refractivity contribution is -0.147. The Morgan fingerprint density at radius 3 is 1.94 bits per heavy atom. The van der Waals surface area contributed by atoms with E-state index in [1.807, 2.05) is 0 Å². The van der Waals surface area contributed by atoms with Gasteiger partial charge in [-0.15, -0.1) is 0 Å². The summed E-state index contributed by atoms with van der Waals surface area (Å²) in [5, 5.41) is 6.49. The van der Waals surface area contributed by atoms with E-state index < -0.39 is 26.5 Å². The van der Waals surface area contributed by atoms with Gasteiger partial charge in [-0.2, -0.15) is 4.67 Å². The molecule has 0 bridgehead atoms. The first-order chi connectivity index (χ1) is 7.29. The summed E-state index contributed by atoms with van der Waals surface area (Å²) in [6.07, 6.45) is 3.38. The van der Waals surface area contributed by atoms with Gasteiger partial charge in [0.1, 0.15) is 0 Å². The Hall–Kier alpha value is 0.260. The van der Waals surface area contributed by atoms with Crippen molar-refractivity contribution in [3.8, 4) is 0 Å². The molecule has 0 aliphatic heterocycles. The van der Waals surface area contributed by atoms with Gasteiger partial charge in [-0.1, -0.05) is 19.3 Å². The predicted molar refractivity (Wildman–Crippen MR) is 55.9 cm³/mol. The standard InChI is InChI=1S/C7H16O7P2/c8-14-16(12,13)7(15(9,10)11)6-4-2-1-3-5-6/h6-8H,1-5H2,(H,12,13)(H2,9,10,11). The minimum Gasteiger partial charge on any atom is -0.324 e. The van der Waals surface area contributed by atoms with Crippen molar-refractivity contribution in [2.24, 2.45) is 5.92 Å². The van der Waals surface area contributed by atoms with E-state index in [0.29, 0.717) is 12.8 Å². The zero-order valence-electron chi connectivity index (χ0n) is 8.60. The summed E-state index contributed by atoms with van der Waals surface area (Å²) in [6, 6.07) is 0. The van der Waals surface area contributed by atoms with Crippen LogP contribution in [-0.2, 0) is 13.8 Å². The lowest BCUT2D eigenvalue weighted by Gasteiger charge is -2.31. The number of rotatable bonds is 4. The topological polar surface area (TPSA) is 124 Å². The predicted octanol–water partition coefficient (Wildman–Crippen LogP) is 1.75. The van der Waals surface area contributed by atoms with E-state index in [-0.39, 0.29) is 0 Å². The minimum atomic E-state index is -4.78. The van der Waals surface area contributed by atoms with E-state index in [0.717, 1.165) is 19.3 Å². The lowest BCUT2D eigenvalue weighted by Crippen LogP contribution is -2.24. The highest BCUT2D eigenvalue weighted by molar-refractivity contribution is 7.71. The van der Waals surface area contributed by atoms with E-state index in [4.69, 9.17) is 15.0 Å². The highest BCUT2D eigenvalue weighted by atomic mass is 31.2. The van der Waals surface area contributed by atoms with E-state index >= 15 is 0 Å². The SMILES string of the molecule is O=P(O)(O)C(C1CCCCC1)P(=O)(O)OO. The molecule has 2 unspecified atom stereocenters. The highest BCUT2D eigenvalue weighted by Gasteiger charge is 2.50. The van der Waals surface area contributed by atoms with Crippen molar-refractivity contribution in [3.63, 3.8) is 0 Å². The second kappa shape index (κ2) is 5.27. The molecule has 0 aromatic heterocycles. The fourth-order valence-corrected chi connectivity index (χ4v) is 5.63. The summed E-state index contributed by atoms with van der Waals surface area (Å²) in [5.41, 5.74) is 0. The Kier molecular flexibility index (Phi) is 4.72. The maximum absolute atomic E-state index is 11.4. The van der Waals surface area contributed by atoms with Crippen molar-refractivity contribution >= 4 is 15.2 Å². The molecule has 1 rings (SSSR count). The minimum absolute atomic E-state index is 0.462. The molecular weight excluding hydrogens is 258 g/mol. The first kappa shape index (κ1) is 14.3. The van der Waals surface area contributed by atoms with Gasteiger partial charge < -0.3 is 14.7 Å². The molecule has 7 nitrogen and oxygen atoms in total. The molecule has 1 fully saturated rings. The molecule has 1 aliphatic rings. The van der Waals surface area contributed by atoms with Crippen molar-refractivity contribution in [1.82, 2.24) is 0 Å². The molecular formula is C7H16O7P2. The van der Waals surface area contributed by atoms with Crippen molar-refractivity contribution in [2.45, 2.75) is 37.5 Å². The number of hydrogen-bond acceptors (Lipinski definition) is 4. The highest BCUT2D eigenvalue weighted by Crippen LogP contribution is 2.66. The van der Waals surface area contributed by atoms with Crippen LogP contribution in [0.25, 0.3) is 0 Å². The first-order valence-electron chi connectivity index (χ1n) is 5.00. The van der Waals surface area contributed by atoms with Crippen LogP contribution in [0.2, 0.25) is 0 Å². The Balaban J connectivity index is 2.96. The van der Waals surface area contributed by atoms with Gasteiger partial charge in [0.15, 0.2) is 5.40 Å². The molecule has 9 heteroatoms. The van der Waals surface area contributed by atoms with Crippen molar-refractivity contribution < 1.29 is 33.7 Å². The number of hydrogen-bond donors (Lipinski definition) is 4. The van der Waals surface area contributed by atoms with Crippen molar-refractivity contribution in [1.29, 1.82) is 0 Å². The molecule has 2 atom stereocenters. The van der Waals surface area contributed by atoms with Crippen LogP contribution in [0, 0.1) is 5.92 Å². The van der Waals surface area contributed by atoms with Gasteiger partial charge in [0.05, 0.1) is 0 Å².